The standard InChI is InChI=1S/C21H26BrF2NO2/c1-5-12(2)21-14(4)27-19(26)18(21)10-20(23,24)13(3)17(21)9-8-16-7-6-15(22)11-25-16/h6-9,11-14,17-18H,5,10H2,1-4H3. The van der Waals surface area contributed by atoms with Crippen LogP contribution in [-0.2, 0) is 9.53 Å². The Morgan fingerprint density at radius 2 is 2.11 bits per heavy atom. The van der Waals surface area contributed by atoms with Crippen LogP contribution in [0.5, 0.6) is 0 Å². The molecule has 27 heavy (non-hydrogen) atoms. The van der Waals surface area contributed by atoms with Crippen molar-refractivity contribution >= 4 is 28.0 Å². The molecule has 6 unspecified atom stereocenters. The second-order valence-electron chi connectivity index (χ2n) is 7.98. The van der Waals surface area contributed by atoms with E-state index in [1.165, 1.54) is 0 Å². The minimum Gasteiger partial charge on any atom is -0.462 e. The lowest BCUT2D eigenvalue weighted by Gasteiger charge is -2.53. The number of rotatable bonds is 4. The van der Waals surface area contributed by atoms with Crippen molar-refractivity contribution in [2.24, 2.45) is 29.1 Å². The molecule has 1 aliphatic heterocycles. The van der Waals surface area contributed by atoms with Gasteiger partial charge < -0.3 is 4.74 Å². The summed E-state index contributed by atoms with van der Waals surface area (Å²) in [6.07, 6.45) is 5.30. The summed E-state index contributed by atoms with van der Waals surface area (Å²) >= 11 is 3.35. The number of carbonyl (C=O) groups is 1. The molecule has 1 aliphatic carbocycles. The topological polar surface area (TPSA) is 39.2 Å². The molecule has 0 radical (unpaired) electrons. The largest absolute Gasteiger partial charge is 0.462 e. The van der Waals surface area contributed by atoms with Gasteiger partial charge in [0.25, 0.3) is 5.92 Å². The number of esters is 1. The highest BCUT2D eigenvalue weighted by Gasteiger charge is 2.69. The first-order valence-electron chi connectivity index (χ1n) is 9.52. The van der Waals surface area contributed by atoms with Crippen molar-refractivity contribution in [3.05, 3.63) is 34.6 Å². The van der Waals surface area contributed by atoms with E-state index in [0.717, 1.165) is 10.9 Å². The number of alkyl halides is 2. The van der Waals surface area contributed by atoms with Crippen molar-refractivity contribution in [3.8, 4) is 0 Å². The third-order valence-electron chi connectivity index (χ3n) is 6.83. The molecule has 2 heterocycles. The van der Waals surface area contributed by atoms with Gasteiger partial charge in [0.2, 0.25) is 0 Å². The highest BCUT2D eigenvalue weighted by Crippen LogP contribution is 2.63. The summed E-state index contributed by atoms with van der Waals surface area (Å²) < 4.78 is 36.1. The van der Waals surface area contributed by atoms with E-state index < -0.39 is 47.6 Å². The molecule has 148 valence electrons. The summed E-state index contributed by atoms with van der Waals surface area (Å²) in [7, 11) is 0. The van der Waals surface area contributed by atoms with Gasteiger partial charge in [-0.15, -0.1) is 0 Å². The highest BCUT2D eigenvalue weighted by atomic mass is 79.9. The van der Waals surface area contributed by atoms with Crippen LogP contribution in [0.3, 0.4) is 0 Å². The van der Waals surface area contributed by atoms with Crippen LogP contribution in [0, 0.1) is 29.1 Å². The highest BCUT2D eigenvalue weighted by molar-refractivity contribution is 9.10. The minimum absolute atomic E-state index is 0.0787. The first-order valence-corrected chi connectivity index (χ1v) is 10.3. The Kier molecular flexibility index (Phi) is 5.50. The minimum atomic E-state index is -2.91. The van der Waals surface area contributed by atoms with Gasteiger partial charge in [-0.2, -0.15) is 0 Å². The van der Waals surface area contributed by atoms with E-state index in [1.54, 1.807) is 19.2 Å². The third kappa shape index (κ3) is 3.24. The summed E-state index contributed by atoms with van der Waals surface area (Å²) in [5.41, 5.74) is 0.0757. The predicted molar refractivity (Wildman–Crippen MR) is 104 cm³/mol. The summed E-state index contributed by atoms with van der Waals surface area (Å²) in [5.74, 6) is -5.45. The van der Waals surface area contributed by atoms with Crippen molar-refractivity contribution < 1.29 is 18.3 Å². The average Bonchev–Trinajstić information content (AvgIpc) is 2.86. The second kappa shape index (κ2) is 7.26. The average molecular weight is 442 g/mol. The zero-order valence-electron chi connectivity index (χ0n) is 16.1. The first-order chi connectivity index (χ1) is 12.6. The molecule has 1 aromatic heterocycles. The number of nitrogens with zero attached hydrogens (tertiary/aromatic N) is 1. The van der Waals surface area contributed by atoms with E-state index >= 15 is 0 Å². The lowest BCUT2D eigenvalue weighted by Crippen LogP contribution is -2.57. The van der Waals surface area contributed by atoms with Gasteiger partial charge in [0, 0.05) is 28.4 Å². The molecule has 0 bridgehead atoms. The monoisotopic (exact) mass is 441 g/mol. The number of aromatic nitrogens is 1. The van der Waals surface area contributed by atoms with Crippen LogP contribution in [-0.4, -0.2) is 23.0 Å². The molecule has 0 spiro atoms. The van der Waals surface area contributed by atoms with Gasteiger partial charge in [-0.3, -0.25) is 9.78 Å². The Bertz CT molecular complexity index is 736. The molecule has 6 atom stereocenters. The zero-order chi connectivity index (χ0) is 20.0. The molecule has 0 amide bonds. The molecule has 3 nitrogen and oxygen atoms in total. The van der Waals surface area contributed by atoms with E-state index in [0.29, 0.717) is 5.69 Å². The molecule has 1 saturated carbocycles. The molecule has 6 heteroatoms. The molecule has 2 fully saturated rings. The fourth-order valence-electron chi connectivity index (χ4n) is 5.21. The number of pyridine rings is 1. The molecule has 0 aromatic carbocycles. The van der Waals surface area contributed by atoms with Crippen molar-refractivity contribution in [2.75, 3.05) is 0 Å². The lowest BCUT2D eigenvalue weighted by atomic mass is 9.49. The fourth-order valence-corrected chi connectivity index (χ4v) is 5.45. The van der Waals surface area contributed by atoms with Gasteiger partial charge in [0.05, 0.1) is 11.6 Å². The fraction of sp³-hybridized carbons (Fsp3) is 0.619. The Labute approximate surface area is 167 Å². The molecule has 1 saturated heterocycles. The number of cyclic esters (lactones) is 1. The number of fused-ring (bicyclic) bond motifs is 1. The van der Waals surface area contributed by atoms with Crippen LogP contribution >= 0.6 is 15.9 Å². The van der Waals surface area contributed by atoms with E-state index in [9.17, 15) is 13.6 Å². The maximum atomic E-state index is 14.8. The maximum Gasteiger partial charge on any atom is 0.310 e. The van der Waals surface area contributed by atoms with Gasteiger partial charge in [0.15, 0.2) is 0 Å². The van der Waals surface area contributed by atoms with Crippen LogP contribution < -0.4 is 0 Å². The number of hydrogen-bond acceptors (Lipinski definition) is 3. The third-order valence-corrected chi connectivity index (χ3v) is 7.30. The quantitative estimate of drug-likeness (QED) is 0.558. The van der Waals surface area contributed by atoms with Crippen LogP contribution in [0.2, 0.25) is 0 Å². The number of hydrogen-bond donors (Lipinski definition) is 0. The van der Waals surface area contributed by atoms with E-state index in [-0.39, 0.29) is 5.92 Å². The van der Waals surface area contributed by atoms with Crippen molar-refractivity contribution in [3.63, 3.8) is 0 Å². The van der Waals surface area contributed by atoms with Gasteiger partial charge >= 0.3 is 5.97 Å². The van der Waals surface area contributed by atoms with Gasteiger partial charge in [-0.25, -0.2) is 8.78 Å². The van der Waals surface area contributed by atoms with Gasteiger partial charge in [-0.05, 0) is 52.9 Å². The number of ether oxygens (including phenoxy) is 1. The predicted octanol–water partition coefficient (Wildman–Crippen LogP) is 5.74. The Balaban J connectivity index is 2.09. The van der Waals surface area contributed by atoms with E-state index in [2.05, 4.69) is 27.8 Å². The van der Waals surface area contributed by atoms with Crippen LogP contribution in [0.1, 0.15) is 46.2 Å². The molecule has 1 aromatic rings. The Morgan fingerprint density at radius 3 is 2.70 bits per heavy atom. The van der Waals surface area contributed by atoms with E-state index in [1.807, 2.05) is 32.1 Å². The smallest absolute Gasteiger partial charge is 0.310 e. The number of carbonyl (C=O) groups excluding carboxylic acids is 1. The summed E-state index contributed by atoms with van der Waals surface area (Å²) in [6.45, 7) is 7.56. The van der Waals surface area contributed by atoms with Crippen molar-refractivity contribution in [1.29, 1.82) is 0 Å². The van der Waals surface area contributed by atoms with Crippen LogP contribution in [0.25, 0.3) is 6.08 Å². The normalized spacial score (nSPS) is 36.5. The van der Waals surface area contributed by atoms with Crippen molar-refractivity contribution in [2.45, 2.75) is 52.6 Å². The molecule has 0 N–H and O–H groups in total. The first kappa shape index (κ1) is 20.4. The summed E-state index contributed by atoms with van der Waals surface area (Å²) in [5, 5.41) is 0. The maximum absolute atomic E-state index is 14.8. The molecular formula is C21H26BrF2NO2. The molecule has 3 rings (SSSR count). The SMILES string of the molecule is CCC(C)C12C(C)OC(=O)C1CC(F)(F)C(C)C2C=Cc1ccc(Br)cn1. The number of allylic oxidation sites excluding steroid dienone is 1. The van der Waals surface area contributed by atoms with Crippen LogP contribution in [0.4, 0.5) is 8.78 Å². The summed E-state index contributed by atoms with van der Waals surface area (Å²) in [4.78, 5) is 16.8. The lowest BCUT2D eigenvalue weighted by molar-refractivity contribution is -0.175. The van der Waals surface area contributed by atoms with Gasteiger partial charge in [0.1, 0.15) is 6.10 Å². The van der Waals surface area contributed by atoms with Crippen molar-refractivity contribution in [1.82, 2.24) is 4.98 Å². The van der Waals surface area contributed by atoms with Crippen LogP contribution in [0.15, 0.2) is 28.9 Å². The Morgan fingerprint density at radius 1 is 1.41 bits per heavy atom. The second-order valence-corrected chi connectivity index (χ2v) is 8.90. The zero-order valence-corrected chi connectivity index (χ0v) is 17.7. The Hall–Kier alpha value is -1.30. The molecule has 2 aliphatic rings. The molecular weight excluding hydrogens is 416 g/mol. The summed E-state index contributed by atoms with van der Waals surface area (Å²) in [6, 6.07) is 3.70. The van der Waals surface area contributed by atoms with Gasteiger partial charge in [-0.1, -0.05) is 33.3 Å². The number of halogens is 3. The van der Waals surface area contributed by atoms with E-state index in [4.69, 9.17) is 4.74 Å².